The third kappa shape index (κ3) is 3.09. The Balaban J connectivity index is 1.83. The minimum Gasteiger partial charge on any atom is -0.487 e. The van der Waals surface area contributed by atoms with E-state index in [1.807, 2.05) is 55.5 Å². The first kappa shape index (κ1) is 14.9. The van der Waals surface area contributed by atoms with Gasteiger partial charge < -0.3 is 4.74 Å². The summed E-state index contributed by atoms with van der Waals surface area (Å²) >= 11 is 0. The van der Waals surface area contributed by atoms with E-state index in [1.54, 1.807) is 6.07 Å². The zero-order valence-corrected chi connectivity index (χ0v) is 13.3. The molecule has 0 saturated carbocycles. The van der Waals surface area contributed by atoms with E-state index >= 15 is 0 Å². The molecule has 0 spiro atoms. The molecule has 4 nitrogen and oxygen atoms in total. The smallest absolute Gasteiger partial charge is 0.235 e. The quantitative estimate of drug-likeness (QED) is 0.871. The van der Waals surface area contributed by atoms with Gasteiger partial charge in [0, 0.05) is 0 Å². The maximum Gasteiger partial charge on any atom is 0.235 e. The molecule has 0 aromatic heterocycles. The summed E-state index contributed by atoms with van der Waals surface area (Å²) in [5.41, 5.74) is 1.66. The van der Waals surface area contributed by atoms with Gasteiger partial charge in [-0.2, -0.15) is 0 Å². The van der Waals surface area contributed by atoms with Gasteiger partial charge in [0.05, 0.1) is 18.0 Å². The molecule has 22 heavy (non-hydrogen) atoms. The van der Waals surface area contributed by atoms with Crippen molar-refractivity contribution in [3.8, 4) is 5.75 Å². The lowest BCUT2D eigenvalue weighted by molar-refractivity contribution is 0.219. The Labute approximate surface area is 131 Å². The van der Waals surface area contributed by atoms with Crippen molar-refractivity contribution in [1.82, 2.24) is 0 Å². The van der Waals surface area contributed by atoms with Crippen LogP contribution < -0.4 is 9.04 Å². The lowest BCUT2D eigenvalue weighted by Gasteiger charge is -2.34. The number of ether oxygens (including phenoxy) is 1. The van der Waals surface area contributed by atoms with Gasteiger partial charge in [0.15, 0.2) is 0 Å². The van der Waals surface area contributed by atoms with Gasteiger partial charge in [0.2, 0.25) is 10.0 Å². The molecular weight excluding hydrogens is 298 g/mol. The number of nitrogens with zero attached hydrogens (tertiary/aromatic N) is 1. The maximum atomic E-state index is 12.7. The van der Waals surface area contributed by atoms with Gasteiger partial charge in [-0.05, 0) is 31.0 Å². The van der Waals surface area contributed by atoms with E-state index < -0.39 is 10.0 Å². The zero-order chi connectivity index (χ0) is 15.6. The van der Waals surface area contributed by atoms with Crippen LogP contribution in [0.4, 0.5) is 5.69 Å². The third-order valence-corrected chi connectivity index (χ3v) is 5.45. The number of rotatable bonds is 4. The maximum absolute atomic E-state index is 12.7. The lowest BCUT2D eigenvalue weighted by atomic mass is 10.2. The highest BCUT2D eigenvalue weighted by molar-refractivity contribution is 7.92. The highest BCUT2D eigenvalue weighted by atomic mass is 32.2. The van der Waals surface area contributed by atoms with Crippen molar-refractivity contribution < 1.29 is 13.2 Å². The Morgan fingerprint density at radius 1 is 1.09 bits per heavy atom. The molecule has 1 aliphatic heterocycles. The highest BCUT2D eigenvalue weighted by Crippen LogP contribution is 2.34. The molecule has 2 aromatic carbocycles. The van der Waals surface area contributed by atoms with Crippen molar-refractivity contribution in [3.63, 3.8) is 0 Å². The van der Waals surface area contributed by atoms with Gasteiger partial charge in [-0.25, -0.2) is 8.42 Å². The van der Waals surface area contributed by atoms with Gasteiger partial charge in [0.1, 0.15) is 11.9 Å². The number of benzene rings is 2. The molecule has 1 heterocycles. The Kier molecular flexibility index (Phi) is 4.07. The van der Waals surface area contributed by atoms with E-state index in [1.165, 1.54) is 4.31 Å². The van der Waals surface area contributed by atoms with Crippen LogP contribution in [-0.2, 0) is 16.4 Å². The van der Waals surface area contributed by atoms with Gasteiger partial charge in [-0.1, -0.05) is 42.5 Å². The number of anilines is 1. The molecule has 0 aliphatic carbocycles. The van der Waals surface area contributed by atoms with Gasteiger partial charge in [0.25, 0.3) is 0 Å². The average molecular weight is 317 g/mol. The van der Waals surface area contributed by atoms with Crippen molar-refractivity contribution in [2.24, 2.45) is 0 Å². The first-order valence-electron chi connectivity index (χ1n) is 7.36. The van der Waals surface area contributed by atoms with Gasteiger partial charge in [-0.15, -0.1) is 0 Å². The van der Waals surface area contributed by atoms with Crippen LogP contribution in [0.25, 0.3) is 0 Å². The molecule has 1 unspecified atom stereocenters. The molecule has 0 N–H and O–H groups in total. The fraction of sp³-hybridized carbons (Fsp3) is 0.294. The molecule has 0 radical (unpaired) electrons. The van der Waals surface area contributed by atoms with Crippen LogP contribution in [0.3, 0.4) is 0 Å². The number of hydrogen-bond acceptors (Lipinski definition) is 3. The van der Waals surface area contributed by atoms with E-state index in [0.717, 1.165) is 5.56 Å². The lowest BCUT2D eigenvalue weighted by Crippen LogP contribution is -2.43. The minimum atomic E-state index is -3.37. The molecule has 1 aliphatic rings. The Morgan fingerprint density at radius 3 is 2.55 bits per heavy atom. The summed E-state index contributed by atoms with van der Waals surface area (Å²) < 4.78 is 32.7. The van der Waals surface area contributed by atoms with Crippen molar-refractivity contribution in [3.05, 3.63) is 60.2 Å². The van der Waals surface area contributed by atoms with E-state index in [4.69, 9.17) is 4.74 Å². The molecule has 116 valence electrons. The number of sulfonamides is 1. The molecule has 5 heteroatoms. The first-order chi connectivity index (χ1) is 10.6. The molecule has 0 bridgehead atoms. The number of fused-ring (bicyclic) bond motifs is 1. The molecule has 1 atom stereocenters. The summed E-state index contributed by atoms with van der Waals surface area (Å²) in [5.74, 6) is 0.725. The van der Waals surface area contributed by atoms with Gasteiger partial charge >= 0.3 is 0 Å². The Morgan fingerprint density at radius 2 is 1.77 bits per heavy atom. The first-order valence-corrected chi connectivity index (χ1v) is 8.97. The third-order valence-electron chi connectivity index (χ3n) is 3.71. The van der Waals surface area contributed by atoms with Crippen molar-refractivity contribution in [2.45, 2.75) is 19.4 Å². The Bertz CT molecular complexity index is 744. The van der Waals surface area contributed by atoms with Crippen LogP contribution in [0.1, 0.15) is 12.5 Å². The Hall–Kier alpha value is -2.01. The molecule has 2 aromatic rings. The SMILES string of the molecule is CC1CN(S(=O)(=O)CCc2ccccc2)c2ccccc2O1. The number of para-hydroxylation sites is 2. The molecule has 0 fully saturated rings. The fourth-order valence-corrected chi connectivity index (χ4v) is 4.22. The second-order valence-corrected chi connectivity index (χ2v) is 7.49. The van der Waals surface area contributed by atoms with Crippen LogP contribution in [0.5, 0.6) is 5.75 Å². The van der Waals surface area contributed by atoms with E-state index in [9.17, 15) is 8.42 Å². The summed E-state index contributed by atoms with van der Waals surface area (Å²) in [4.78, 5) is 0. The van der Waals surface area contributed by atoms with Crippen molar-refractivity contribution in [2.75, 3.05) is 16.6 Å². The minimum absolute atomic E-state index is 0.0953. The molecule has 0 saturated heterocycles. The van der Waals surface area contributed by atoms with Crippen molar-refractivity contribution in [1.29, 1.82) is 0 Å². The summed E-state index contributed by atoms with van der Waals surface area (Å²) in [6, 6.07) is 17.0. The van der Waals surface area contributed by atoms with Crippen LogP contribution in [0, 0.1) is 0 Å². The summed E-state index contributed by atoms with van der Waals surface area (Å²) in [6.07, 6.45) is 0.360. The summed E-state index contributed by atoms with van der Waals surface area (Å²) in [5, 5.41) is 0. The van der Waals surface area contributed by atoms with Crippen LogP contribution in [-0.4, -0.2) is 26.8 Å². The topological polar surface area (TPSA) is 46.6 Å². The van der Waals surface area contributed by atoms with E-state index in [2.05, 4.69) is 0 Å². The zero-order valence-electron chi connectivity index (χ0n) is 12.5. The fourth-order valence-electron chi connectivity index (χ4n) is 2.61. The van der Waals surface area contributed by atoms with Crippen molar-refractivity contribution >= 4 is 15.7 Å². The average Bonchev–Trinajstić information content (AvgIpc) is 2.53. The largest absolute Gasteiger partial charge is 0.487 e. The van der Waals surface area contributed by atoms with Crippen LogP contribution in [0.2, 0.25) is 0 Å². The monoisotopic (exact) mass is 317 g/mol. The molecule has 3 rings (SSSR count). The number of aryl methyl sites for hydroxylation is 1. The van der Waals surface area contributed by atoms with E-state index in [-0.39, 0.29) is 11.9 Å². The number of hydrogen-bond donors (Lipinski definition) is 0. The van der Waals surface area contributed by atoms with Gasteiger partial charge in [-0.3, -0.25) is 4.31 Å². The second kappa shape index (κ2) is 6.01. The predicted octanol–water partition coefficient (Wildman–Crippen LogP) is 2.85. The predicted molar refractivity (Wildman–Crippen MR) is 87.8 cm³/mol. The highest BCUT2D eigenvalue weighted by Gasteiger charge is 2.31. The van der Waals surface area contributed by atoms with Crippen LogP contribution in [0.15, 0.2) is 54.6 Å². The van der Waals surface area contributed by atoms with Crippen LogP contribution >= 0.6 is 0 Å². The summed E-state index contributed by atoms with van der Waals surface area (Å²) in [6.45, 7) is 2.24. The molecular formula is C17H19NO3S. The second-order valence-electron chi connectivity index (χ2n) is 5.48. The van der Waals surface area contributed by atoms with E-state index in [0.29, 0.717) is 24.4 Å². The standard InChI is InChI=1S/C17H19NO3S/c1-14-13-18(16-9-5-6-10-17(16)21-14)22(19,20)12-11-15-7-3-2-4-8-15/h2-10,14H,11-13H2,1H3. The molecule has 0 amide bonds. The normalized spacial score (nSPS) is 17.7. The summed E-state index contributed by atoms with van der Waals surface area (Å²) in [7, 11) is -3.37.